The molecule has 0 fully saturated rings. The Morgan fingerprint density at radius 2 is 0.562 bits per heavy atom. The van der Waals surface area contributed by atoms with E-state index in [4.69, 9.17) is 38.9 Å². The molecule has 0 N–H and O–H groups in total. The van der Waals surface area contributed by atoms with Crippen molar-refractivity contribution >= 4 is 30.4 Å². The van der Waals surface area contributed by atoms with Crippen LogP contribution in [0, 0.1) is 0 Å². The zero-order valence-corrected chi connectivity index (χ0v) is 13.8. The maximum absolute atomic E-state index is 9.08. The SMILES string of the molecule is CS(=O)(=O)[O-].CS(=O)(=O)[O-].CS(=O)(=O)[O-].[Y+3]. The molecule has 0 radical (unpaired) electrons. The van der Waals surface area contributed by atoms with Crippen LogP contribution in [0.4, 0.5) is 0 Å². The summed E-state index contributed by atoms with van der Waals surface area (Å²) in [4.78, 5) is 0. The van der Waals surface area contributed by atoms with E-state index in [1.807, 2.05) is 0 Å². The topological polar surface area (TPSA) is 172 Å². The van der Waals surface area contributed by atoms with Gasteiger partial charge in [0.25, 0.3) is 0 Å². The van der Waals surface area contributed by atoms with E-state index >= 15 is 0 Å². The van der Waals surface area contributed by atoms with Gasteiger partial charge in [0.1, 0.15) is 0 Å². The molecule has 0 spiro atoms. The van der Waals surface area contributed by atoms with Crippen molar-refractivity contribution in [2.24, 2.45) is 0 Å². The molecule has 0 aliphatic rings. The molecule has 0 rings (SSSR count). The van der Waals surface area contributed by atoms with Crippen LogP contribution in [0.25, 0.3) is 0 Å². The molecular weight excluding hydrogens is 365 g/mol. The van der Waals surface area contributed by atoms with Gasteiger partial charge < -0.3 is 13.7 Å². The summed E-state index contributed by atoms with van der Waals surface area (Å²) < 4.78 is 81.7. The summed E-state index contributed by atoms with van der Waals surface area (Å²) in [6, 6.07) is 0. The van der Waals surface area contributed by atoms with Crippen molar-refractivity contribution in [1.82, 2.24) is 0 Å². The first-order valence-corrected chi connectivity index (χ1v) is 8.17. The van der Waals surface area contributed by atoms with E-state index < -0.39 is 30.4 Å². The molecule has 0 saturated heterocycles. The molecule has 13 heteroatoms. The van der Waals surface area contributed by atoms with Crippen molar-refractivity contribution in [3.8, 4) is 0 Å². The zero-order valence-electron chi connectivity index (χ0n) is 8.48. The van der Waals surface area contributed by atoms with Crippen molar-refractivity contribution in [3.05, 3.63) is 0 Å². The predicted octanol–water partition coefficient (Wildman–Crippen LogP) is -2.52. The fourth-order valence-electron chi connectivity index (χ4n) is 0. The quantitative estimate of drug-likeness (QED) is 0.415. The third-order valence-corrected chi connectivity index (χ3v) is 0. The Balaban J connectivity index is -0.0000000655. The number of rotatable bonds is 0. The summed E-state index contributed by atoms with van der Waals surface area (Å²) in [5.41, 5.74) is 0. The Labute approximate surface area is 120 Å². The van der Waals surface area contributed by atoms with E-state index in [0.29, 0.717) is 18.8 Å². The number of hydrogen-bond acceptors (Lipinski definition) is 9. The summed E-state index contributed by atoms with van der Waals surface area (Å²) in [6.45, 7) is 0. The van der Waals surface area contributed by atoms with Crippen LogP contribution in [0.3, 0.4) is 0 Å². The minimum atomic E-state index is -3.92. The van der Waals surface area contributed by atoms with Crippen molar-refractivity contribution in [2.75, 3.05) is 18.8 Å². The molecule has 9 nitrogen and oxygen atoms in total. The summed E-state index contributed by atoms with van der Waals surface area (Å²) in [6.07, 6.45) is 1.81. The summed E-state index contributed by atoms with van der Waals surface area (Å²) in [7, 11) is -11.8. The normalized spacial score (nSPS) is 10.9. The molecule has 0 aromatic heterocycles. The first kappa shape index (κ1) is 25.6. The number of hydrogen-bond donors (Lipinski definition) is 0. The van der Waals surface area contributed by atoms with Gasteiger partial charge >= 0.3 is 32.7 Å². The standard InChI is InChI=1S/3CH4O3S.Y/c3*1-5(2,3)4;/h3*1H3,(H,2,3,4);/q;;;+3/p-3. The van der Waals surface area contributed by atoms with Gasteiger partial charge in [0.15, 0.2) is 0 Å². The molecule has 0 aromatic carbocycles. The maximum Gasteiger partial charge on any atom is 3.00 e. The molecule has 0 saturated carbocycles. The summed E-state index contributed by atoms with van der Waals surface area (Å²) in [5, 5.41) is 0. The molecule has 0 aliphatic heterocycles. The van der Waals surface area contributed by atoms with E-state index in [1.54, 1.807) is 0 Å². The third kappa shape index (κ3) is 4080. The van der Waals surface area contributed by atoms with Crippen molar-refractivity contribution in [1.29, 1.82) is 0 Å². The van der Waals surface area contributed by atoms with Crippen molar-refractivity contribution < 1.29 is 71.6 Å². The molecule has 96 valence electrons. The molecule has 0 unspecified atom stereocenters. The van der Waals surface area contributed by atoms with Crippen molar-refractivity contribution in [3.63, 3.8) is 0 Å². The fraction of sp³-hybridized carbons (Fsp3) is 1.00. The second kappa shape index (κ2) is 9.82. The maximum atomic E-state index is 9.08. The van der Waals surface area contributed by atoms with E-state index in [9.17, 15) is 0 Å². The molecule has 0 amide bonds. The van der Waals surface area contributed by atoms with Crippen molar-refractivity contribution in [2.45, 2.75) is 0 Å². The van der Waals surface area contributed by atoms with Gasteiger partial charge in [0, 0.05) is 18.8 Å². The van der Waals surface area contributed by atoms with Gasteiger partial charge in [0.2, 0.25) is 0 Å². The fourth-order valence-corrected chi connectivity index (χ4v) is 0. The van der Waals surface area contributed by atoms with Crippen LogP contribution in [-0.2, 0) is 63.1 Å². The van der Waals surface area contributed by atoms with Crippen LogP contribution in [0.15, 0.2) is 0 Å². The molecule has 0 atom stereocenters. The summed E-state index contributed by atoms with van der Waals surface area (Å²) in [5.74, 6) is 0. The molecule has 0 bridgehead atoms. The van der Waals surface area contributed by atoms with Gasteiger partial charge in [-0.15, -0.1) is 0 Å². The first-order valence-electron chi connectivity index (χ1n) is 2.72. The summed E-state index contributed by atoms with van der Waals surface area (Å²) >= 11 is 0. The molecular formula is C3H9O9S3Y. The van der Waals surface area contributed by atoms with Crippen LogP contribution in [-0.4, -0.2) is 57.7 Å². The minimum Gasteiger partial charge on any atom is -0.748 e. The van der Waals surface area contributed by atoms with Crippen LogP contribution >= 0.6 is 0 Å². The Hall–Kier alpha value is 0.834. The van der Waals surface area contributed by atoms with Gasteiger partial charge in [0.05, 0.1) is 30.4 Å². The largest absolute Gasteiger partial charge is 3.00 e. The van der Waals surface area contributed by atoms with E-state index in [-0.39, 0.29) is 32.7 Å². The van der Waals surface area contributed by atoms with Gasteiger partial charge in [-0.3, -0.25) is 0 Å². The molecule has 0 aromatic rings. The van der Waals surface area contributed by atoms with E-state index in [0.717, 1.165) is 0 Å². The van der Waals surface area contributed by atoms with Gasteiger partial charge in [-0.2, -0.15) is 0 Å². The van der Waals surface area contributed by atoms with Crippen LogP contribution in [0.5, 0.6) is 0 Å². The van der Waals surface area contributed by atoms with Gasteiger partial charge in [-0.25, -0.2) is 25.3 Å². The third-order valence-electron chi connectivity index (χ3n) is 0. The van der Waals surface area contributed by atoms with E-state index in [2.05, 4.69) is 0 Å². The monoisotopic (exact) mass is 374 g/mol. The minimum absolute atomic E-state index is 0. The Kier molecular flexibility index (Phi) is 15.7. The second-order valence-corrected chi connectivity index (χ2v) is 6.34. The van der Waals surface area contributed by atoms with E-state index in [1.165, 1.54) is 0 Å². The smallest absolute Gasteiger partial charge is 0.748 e. The molecule has 16 heavy (non-hydrogen) atoms. The Bertz CT molecular complexity index is 347. The first-order chi connectivity index (χ1) is 6.00. The Morgan fingerprint density at radius 3 is 0.562 bits per heavy atom. The van der Waals surface area contributed by atoms with Gasteiger partial charge in [-0.05, 0) is 0 Å². The van der Waals surface area contributed by atoms with Gasteiger partial charge in [-0.1, -0.05) is 0 Å². The average molecular weight is 374 g/mol. The molecule has 0 heterocycles. The Morgan fingerprint density at radius 1 is 0.562 bits per heavy atom. The molecule has 0 aliphatic carbocycles. The second-order valence-electron chi connectivity index (χ2n) is 2.11. The predicted molar refractivity (Wildman–Crippen MR) is 46.9 cm³/mol. The van der Waals surface area contributed by atoms with Crippen LogP contribution in [0.1, 0.15) is 0 Å². The zero-order chi connectivity index (χ0) is 13.5. The van der Waals surface area contributed by atoms with Crippen LogP contribution in [0.2, 0.25) is 0 Å². The van der Waals surface area contributed by atoms with Crippen LogP contribution < -0.4 is 0 Å². The average Bonchev–Trinajstić information content (AvgIpc) is 1.41.